The highest BCUT2D eigenvalue weighted by Gasteiger charge is 2.35. The van der Waals surface area contributed by atoms with E-state index in [1.807, 2.05) is 4.90 Å². The molecule has 2 N–H and O–H groups in total. The number of fused-ring (bicyclic) bond motifs is 2. The molecule has 2 saturated heterocycles. The van der Waals surface area contributed by atoms with Crippen molar-refractivity contribution < 1.29 is 9.53 Å². The molecule has 1 amide bonds. The van der Waals surface area contributed by atoms with Gasteiger partial charge in [0.1, 0.15) is 0 Å². The molecule has 0 aromatic heterocycles. The van der Waals surface area contributed by atoms with Crippen LogP contribution in [0.15, 0.2) is 0 Å². The summed E-state index contributed by atoms with van der Waals surface area (Å²) in [4.78, 5) is 13.9. The van der Waals surface area contributed by atoms with Gasteiger partial charge < -0.3 is 15.4 Å². The van der Waals surface area contributed by atoms with Gasteiger partial charge in [0.15, 0.2) is 0 Å². The zero-order valence-electron chi connectivity index (χ0n) is 10.0. The van der Waals surface area contributed by atoms with Crippen molar-refractivity contribution in [1.82, 2.24) is 4.90 Å². The molecule has 4 heteroatoms. The van der Waals surface area contributed by atoms with E-state index >= 15 is 0 Å². The Morgan fingerprint density at radius 1 is 1.44 bits per heavy atom. The lowest BCUT2D eigenvalue weighted by atomic mass is 10.1. The highest BCUT2D eigenvalue weighted by Crippen LogP contribution is 2.26. The molecule has 2 aliphatic rings. The fourth-order valence-corrected chi connectivity index (χ4v) is 2.46. The van der Waals surface area contributed by atoms with Crippen LogP contribution in [0.2, 0.25) is 0 Å². The van der Waals surface area contributed by atoms with E-state index in [1.54, 1.807) is 0 Å². The van der Waals surface area contributed by atoms with Crippen molar-refractivity contribution in [2.45, 2.75) is 44.8 Å². The first-order valence-electron chi connectivity index (χ1n) is 6.32. The van der Waals surface area contributed by atoms with Crippen LogP contribution in [0.4, 0.5) is 0 Å². The lowest BCUT2D eigenvalue weighted by molar-refractivity contribution is -0.140. The molecule has 2 fully saturated rings. The van der Waals surface area contributed by atoms with Crippen LogP contribution >= 0.6 is 0 Å². The van der Waals surface area contributed by atoms with E-state index in [-0.39, 0.29) is 5.91 Å². The summed E-state index contributed by atoms with van der Waals surface area (Å²) in [6.45, 7) is 4.36. The fourth-order valence-electron chi connectivity index (χ4n) is 2.46. The predicted octanol–water partition coefficient (Wildman–Crippen LogP) is 0.751. The summed E-state index contributed by atoms with van der Waals surface area (Å²) in [7, 11) is 0. The molecule has 2 aliphatic heterocycles. The smallest absolute Gasteiger partial charge is 0.222 e. The lowest BCUT2D eigenvalue weighted by Gasteiger charge is -2.32. The van der Waals surface area contributed by atoms with E-state index in [9.17, 15) is 4.79 Å². The average molecular weight is 226 g/mol. The average Bonchev–Trinajstić information content (AvgIpc) is 2.64. The molecule has 0 aliphatic carbocycles. The van der Waals surface area contributed by atoms with Gasteiger partial charge in [-0.2, -0.15) is 0 Å². The van der Waals surface area contributed by atoms with Gasteiger partial charge >= 0.3 is 0 Å². The first kappa shape index (κ1) is 11.9. The van der Waals surface area contributed by atoms with Crippen LogP contribution in [-0.2, 0) is 9.53 Å². The number of rotatable bonds is 4. The van der Waals surface area contributed by atoms with E-state index in [1.165, 1.54) is 0 Å². The molecule has 92 valence electrons. The van der Waals surface area contributed by atoms with Crippen molar-refractivity contribution in [1.29, 1.82) is 0 Å². The summed E-state index contributed by atoms with van der Waals surface area (Å²) in [5, 5.41) is 0. The van der Waals surface area contributed by atoms with Gasteiger partial charge in [0.2, 0.25) is 5.91 Å². The van der Waals surface area contributed by atoms with Crippen molar-refractivity contribution in [2.24, 2.45) is 11.7 Å². The van der Waals surface area contributed by atoms with E-state index in [0.717, 1.165) is 32.4 Å². The van der Waals surface area contributed by atoms with E-state index in [0.29, 0.717) is 31.1 Å². The zero-order chi connectivity index (χ0) is 11.5. The van der Waals surface area contributed by atoms with Gasteiger partial charge in [0, 0.05) is 19.5 Å². The third-order valence-electron chi connectivity index (χ3n) is 3.65. The Balaban J connectivity index is 1.77. The van der Waals surface area contributed by atoms with Crippen LogP contribution in [-0.4, -0.2) is 42.6 Å². The number of nitrogens with two attached hydrogens (primary N) is 1. The first-order chi connectivity index (χ1) is 7.69. The van der Waals surface area contributed by atoms with Gasteiger partial charge in [-0.1, -0.05) is 6.92 Å². The third kappa shape index (κ3) is 2.74. The highest BCUT2D eigenvalue weighted by molar-refractivity contribution is 5.76. The Bertz CT molecular complexity index is 245. The van der Waals surface area contributed by atoms with Crippen LogP contribution in [0, 0.1) is 5.92 Å². The first-order valence-corrected chi connectivity index (χ1v) is 6.32. The number of morpholine rings is 1. The van der Waals surface area contributed by atoms with Crippen molar-refractivity contribution >= 4 is 5.91 Å². The standard InChI is InChI=1S/C12H22N2O2/c1-9(6-13)2-5-12(15)14-7-10-3-4-11(8-14)16-10/h9-11H,2-8,13H2,1H3. The normalized spacial score (nSPS) is 30.5. The summed E-state index contributed by atoms with van der Waals surface area (Å²) in [6, 6.07) is 0. The molecule has 16 heavy (non-hydrogen) atoms. The number of hydrogen-bond donors (Lipinski definition) is 1. The van der Waals surface area contributed by atoms with Crippen molar-refractivity contribution in [3.63, 3.8) is 0 Å². The predicted molar refractivity (Wildman–Crippen MR) is 61.9 cm³/mol. The third-order valence-corrected chi connectivity index (χ3v) is 3.65. The van der Waals surface area contributed by atoms with E-state index in [2.05, 4.69) is 6.92 Å². The fraction of sp³-hybridized carbons (Fsp3) is 0.917. The Labute approximate surface area is 97.1 Å². The molecule has 2 bridgehead atoms. The highest BCUT2D eigenvalue weighted by atomic mass is 16.5. The quantitative estimate of drug-likeness (QED) is 0.769. The molecule has 0 saturated carbocycles. The minimum atomic E-state index is 0.278. The summed E-state index contributed by atoms with van der Waals surface area (Å²) in [6.07, 6.45) is 4.38. The molecule has 3 unspecified atom stereocenters. The second-order valence-corrected chi connectivity index (χ2v) is 5.14. The molecule has 2 heterocycles. The van der Waals surface area contributed by atoms with Gasteiger partial charge in [-0.05, 0) is 31.7 Å². The van der Waals surface area contributed by atoms with Crippen molar-refractivity contribution in [2.75, 3.05) is 19.6 Å². The van der Waals surface area contributed by atoms with Gasteiger partial charge in [0.05, 0.1) is 12.2 Å². The summed E-state index contributed by atoms with van der Waals surface area (Å²) < 4.78 is 5.71. The summed E-state index contributed by atoms with van der Waals surface area (Å²) >= 11 is 0. The number of hydrogen-bond acceptors (Lipinski definition) is 3. The van der Waals surface area contributed by atoms with E-state index < -0.39 is 0 Å². The van der Waals surface area contributed by atoms with Crippen LogP contribution in [0.1, 0.15) is 32.6 Å². The summed E-state index contributed by atoms with van der Waals surface area (Å²) in [5.41, 5.74) is 5.55. The Kier molecular flexibility index (Phi) is 3.82. The maximum atomic E-state index is 12.0. The maximum Gasteiger partial charge on any atom is 0.222 e. The number of likely N-dealkylation sites (tertiary alicyclic amines) is 1. The number of ether oxygens (including phenoxy) is 1. The minimum absolute atomic E-state index is 0.278. The van der Waals surface area contributed by atoms with Gasteiger partial charge in [-0.3, -0.25) is 4.79 Å². The minimum Gasteiger partial charge on any atom is -0.371 e. The van der Waals surface area contributed by atoms with Gasteiger partial charge in [-0.25, -0.2) is 0 Å². The summed E-state index contributed by atoms with van der Waals surface area (Å²) in [5.74, 6) is 0.724. The maximum absolute atomic E-state index is 12.0. The number of carbonyl (C=O) groups is 1. The molecule has 4 nitrogen and oxygen atoms in total. The van der Waals surface area contributed by atoms with Gasteiger partial charge in [-0.15, -0.1) is 0 Å². The number of carbonyl (C=O) groups excluding carboxylic acids is 1. The van der Waals surface area contributed by atoms with Crippen molar-refractivity contribution in [3.8, 4) is 0 Å². The van der Waals surface area contributed by atoms with Crippen LogP contribution in [0.3, 0.4) is 0 Å². The second-order valence-electron chi connectivity index (χ2n) is 5.14. The molecule has 0 aromatic carbocycles. The zero-order valence-corrected chi connectivity index (χ0v) is 10.0. The SMILES string of the molecule is CC(CN)CCC(=O)N1CC2CCC(C1)O2. The molecule has 0 radical (unpaired) electrons. The Morgan fingerprint density at radius 3 is 2.62 bits per heavy atom. The topological polar surface area (TPSA) is 55.6 Å². The Morgan fingerprint density at radius 2 is 2.06 bits per heavy atom. The number of amides is 1. The molecular weight excluding hydrogens is 204 g/mol. The molecule has 0 spiro atoms. The van der Waals surface area contributed by atoms with Gasteiger partial charge in [0.25, 0.3) is 0 Å². The van der Waals surface area contributed by atoms with Crippen LogP contribution in [0.5, 0.6) is 0 Å². The van der Waals surface area contributed by atoms with Crippen LogP contribution < -0.4 is 5.73 Å². The molecule has 2 rings (SSSR count). The lowest BCUT2D eigenvalue weighted by Crippen LogP contribution is -2.45. The molecule has 3 atom stereocenters. The van der Waals surface area contributed by atoms with Crippen molar-refractivity contribution in [3.05, 3.63) is 0 Å². The number of nitrogens with zero attached hydrogens (tertiary/aromatic N) is 1. The Hall–Kier alpha value is -0.610. The largest absolute Gasteiger partial charge is 0.371 e. The molecular formula is C12H22N2O2. The second kappa shape index (κ2) is 5.15. The van der Waals surface area contributed by atoms with E-state index in [4.69, 9.17) is 10.5 Å². The molecule has 0 aromatic rings. The van der Waals surface area contributed by atoms with Crippen LogP contribution in [0.25, 0.3) is 0 Å². The monoisotopic (exact) mass is 226 g/mol.